The summed E-state index contributed by atoms with van der Waals surface area (Å²) >= 11 is 5.89. The van der Waals surface area contributed by atoms with Crippen LogP contribution >= 0.6 is 11.6 Å². The monoisotopic (exact) mass is 440 g/mol. The van der Waals surface area contributed by atoms with Crippen LogP contribution in [0, 0.1) is 10.1 Å². The molecule has 1 unspecified atom stereocenters. The number of non-ortho nitro benzene ring substituents is 1. The second-order valence-corrected chi connectivity index (χ2v) is 8.44. The number of halogens is 1. The maximum Gasteiger partial charge on any atom is 0.307 e. The zero-order valence-electron chi connectivity index (χ0n) is 15.2. The molecule has 1 N–H and O–H groups in total. The summed E-state index contributed by atoms with van der Waals surface area (Å²) in [7, 11) is -3.65. The second kappa shape index (κ2) is 9.48. The Morgan fingerprint density at radius 2 is 1.86 bits per heavy atom. The number of amides is 1. The average Bonchev–Trinajstić information content (AvgIpc) is 2.68. The Hall–Kier alpha value is -2.98. The number of nitrogens with zero attached hydrogens (tertiary/aromatic N) is 1. The van der Waals surface area contributed by atoms with Crippen molar-refractivity contribution in [3.05, 3.63) is 63.7 Å². The Kier molecular flexibility index (Phi) is 7.29. The van der Waals surface area contributed by atoms with Crippen molar-refractivity contribution in [2.75, 3.05) is 11.1 Å². The lowest BCUT2D eigenvalue weighted by atomic mass is 10.2. The molecule has 9 nitrogen and oxygen atoms in total. The van der Waals surface area contributed by atoms with E-state index in [-0.39, 0.29) is 21.3 Å². The SMILES string of the molecule is CC(OC(=O)CCS(=O)(=O)c1ccccc1)C(=O)Nc1ccc([N+](=O)[O-])cc1Cl. The molecule has 154 valence electrons. The summed E-state index contributed by atoms with van der Waals surface area (Å²) in [5.41, 5.74) is -0.135. The van der Waals surface area contributed by atoms with E-state index in [9.17, 15) is 28.1 Å². The summed E-state index contributed by atoms with van der Waals surface area (Å²) in [6.07, 6.45) is -1.65. The molecule has 2 aromatic rings. The van der Waals surface area contributed by atoms with Gasteiger partial charge in [0, 0.05) is 12.1 Å². The number of esters is 1. The third-order valence-electron chi connectivity index (χ3n) is 3.78. The molecule has 2 aromatic carbocycles. The first kappa shape index (κ1) is 22.3. The molecule has 11 heteroatoms. The summed E-state index contributed by atoms with van der Waals surface area (Å²) in [5, 5.41) is 13.0. The first-order valence-corrected chi connectivity index (χ1v) is 10.4. The van der Waals surface area contributed by atoms with Gasteiger partial charge in [-0.25, -0.2) is 8.42 Å². The Morgan fingerprint density at radius 1 is 1.21 bits per heavy atom. The molecule has 0 saturated carbocycles. The highest BCUT2D eigenvalue weighted by molar-refractivity contribution is 7.91. The highest BCUT2D eigenvalue weighted by Gasteiger charge is 2.22. The number of nitro groups is 1. The first-order valence-electron chi connectivity index (χ1n) is 8.32. The number of hydrogen-bond donors (Lipinski definition) is 1. The minimum absolute atomic E-state index is 0.0555. The van der Waals surface area contributed by atoms with Crippen LogP contribution in [0.5, 0.6) is 0 Å². The third-order valence-corrected chi connectivity index (χ3v) is 5.82. The Bertz CT molecular complexity index is 1030. The Labute approximate surface area is 171 Å². The van der Waals surface area contributed by atoms with E-state index in [1.807, 2.05) is 0 Å². The molecule has 0 aliphatic carbocycles. The number of sulfone groups is 1. The zero-order valence-corrected chi connectivity index (χ0v) is 16.8. The normalized spacial score (nSPS) is 12.1. The van der Waals surface area contributed by atoms with Crippen LogP contribution in [0.4, 0.5) is 11.4 Å². The molecule has 0 radical (unpaired) electrons. The number of ether oxygens (including phenoxy) is 1. The fourth-order valence-corrected chi connectivity index (χ4v) is 3.69. The van der Waals surface area contributed by atoms with Crippen LogP contribution < -0.4 is 5.32 Å². The van der Waals surface area contributed by atoms with Crippen molar-refractivity contribution in [2.45, 2.75) is 24.3 Å². The van der Waals surface area contributed by atoms with Crippen molar-refractivity contribution in [1.29, 1.82) is 0 Å². The van der Waals surface area contributed by atoms with Gasteiger partial charge in [-0.15, -0.1) is 0 Å². The summed E-state index contributed by atoms with van der Waals surface area (Å²) in [6.45, 7) is 1.30. The zero-order chi connectivity index (χ0) is 21.6. The molecule has 2 rings (SSSR count). The number of nitrogens with one attached hydrogen (secondary N) is 1. The maximum atomic E-state index is 12.2. The number of hydrogen-bond acceptors (Lipinski definition) is 7. The lowest BCUT2D eigenvalue weighted by Crippen LogP contribution is -2.30. The fraction of sp³-hybridized carbons (Fsp3) is 0.222. The van der Waals surface area contributed by atoms with Crippen molar-refractivity contribution in [3.8, 4) is 0 Å². The molecule has 0 heterocycles. The van der Waals surface area contributed by atoms with E-state index in [1.165, 1.54) is 25.1 Å². The average molecular weight is 441 g/mol. The van der Waals surface area contributed by atoms with Gasteiger partial charge in [0.2, 0.25) is 0 Å². The van der Waals surface area contributed by atoms with Gasteiger partial charge in [0.05, 0.1) is 32.7 Å². The van der Waals surface area contributed by atoms with E-state index in [1.54, 1.807) is 18.2 Å². The van der Waals surface area contributed by atoms with Crippen LogP contribution in [0.3, 0.4) is 0 Å². The Morgan fingerprint density at radius 3 is 2.45 bits per heavy atom. The fourth-order valence-electron chi connectivity index (χ4n) is 2.23. The summed E-state index contributed by atoms with van der Waals surface area (Å²) in [5.74, 6) is -2.04. The van der Waals surface area contributed by atoms with Gasteiger partial charge in [-0.2, -0.15) is 0 Å². The number of benzene rings is 2. The van der Waals surface area contributed by atoms with Crippen molar-refractivity contribution in [3.63, 3.8) is 0 Å². The molecule has 0 aliphatic heterocycles. The lowest BCUT2D eigenvalue weighted by molar-refractivity contribution is -0.384. The first-order chi connectivity index (χ1) is 13.6. The van der Waals surface area contributed by atoms with E-state index < -0.39 is 44.9 Å². The quantitative estimate of drug-likeness (QED) is 0.379. The molecular weight excluding hydrogens is 424 g/mol. The van der Waals surface area contributed by atoms with Crippen LogP contribution in [-0.4, -0.2) is 37.1 Å². The lowest BCUT2D eigenvalue weighted by Gasteiger charge is -2.14. The number of nitro benzene ring substituents is 1. The molecule has 0 bridgehead atoms. The highest BCUT2D eigenvalue weighted by atomic mass is 35.5. The predicted octanol–water partition coefficient (Wildman–Crippen LogP) is 2.98. The molecule has 1 atom stereocenters. The highest BCUT2D eigenvalue weighted by Crippen LogP contribution is 2.26. The van der Waals surface area contributed by atoms with Crippen LogP contribution in [0.2, 0.25) is 5.02 Å². The van der Waals surface area contributed by atoms with E-state index in [4.69, 9.17) is 16.3 Å². The molecule has 0 spiro atoms. The maximum absolute atomic E-state index is 12.2. The summed E-state index contributed by atoms with van der Waals surface area (Å²) < 4.78 is 29.3. The minimum atomic E-state index is -3.65. The van der Waals surface area contributed by atoms with E-state index in [0.29, 0.717) is 0 Å². The molecular formula is C18H17ClN2O7S. The third kappa shape index (κ3) is 6.26. The smallest absolute Gasteiger partial charge is 0.307 e. The van der Waals surface area contributed by atoms with Gasteiger partial charge in [-0.3, -0.25) is 19.7 Å². The molecule has 0 saturated heterocycles. The number of anilines is 1. The molecule has 0 fully saturated rings. The van der Waals surface area contributed by atoms with Gasteiger partial charge in [-0.1, -0.05) is 29.8 Å². The van der Waals surface area contributed by atoms with Crippen molar-refractivity contribution < 1.29 is 27.7 Å². The van der Waals surface area contributed by atoms with Crippen molar-refractivity contribution in [1.82, 2.24) is 0 Å². The molecule has 0 aromatic heterocycles. The molecule has 0 aliphatic rings. The molecule has 1 amide bonds. The van der Waals surface area contributed by atoms with Crippen LogP contribution in [0.15, 0.2) is 53.4 Å². The van der Waals surface area contributed by atoms with Crippen molar-refractivity contribution >= 4 is 44.7 Å². The van der Waals surface area contributed by atoms with Crippen molar-refractivity contribution in [2.24, 2.45) is 0 Å². The van der Waals surface area contributed by atoms with Crippen LogP contribution in [0.1, 0.15) is 13.3 Å². The van der Waals surface area contributed by atoms with Gasteiger partial charge in [-0.05, 0) is 25.1 Å². The van der Waals surface area contributed by atoms with E-state index in [0.717, 1.165) is 12.1 Å². The van der Waals surface area contributed by atoms with E-state index in [2.05, 4.69) is 5.32 Å². The van der Waals surface area contributed by atoms with E-state index >= 15 is 0 Å². The predicted molar refractivity (Wildman–Crippen MR) is 105 cm³/mol. The number of carbonyl (C=O) groups excluding carboxylic acids is 2. The Balaban J connectivity index is 1.90. The van der Waals surface area contributed by atoms with Gasteiger partial charge in [0.15, 0.2) is 15.9 Å². The van der Waals surface area contributed by atoms with Gasteiger partial charge < -0.3 is 10.1 Å². The minimum Gasteiger partial charge on any atom is -0.453 e. The van der Waals surface area contributed by atoms with Gasteiger partial charge in [0.25, 0.3) is 11.6 Å². The topological polar surface area (TPSA) is 133 Å². The van der Waals surface area contributed by atoms with Gasteiger partial charge in [0.1, 0.15) is 0 Å². The summed E-state index contributed by atoms with van der Waals surface area (Å²) in [6, 6.07) is 11.1. The number of carbonyl (C=O) groups is 2. The van der Waals surface area contributed by atoms with Crippen LogP contribution in [0.25, 0.3) is 0 Å². The second-order valence-electron chi connectivity index (χ2n) is 5.92. The van der Waals surface area contributed by atoms with Crippen LogP contribution in [-0.2, 0) is 24.2 Å². The summed E-state index contributed by atoms with van der Waals surface area (Å²) in [4.78, 5) is 34.2. The van der Waals surface area contributed by atoms with Gasteiger partial charge >= 0.3 is 5.97 Å². The largest absolute Gasteiger partial charge is 0.453 e. The number of rotatable bonds is 8. The molecule has 29 heavy (non-hydrogen) atoms. The standard InChI is InChI=1S/C18H17ClN2O7S/c1-12(18(23)20-16-8-7-13(21(24)25)11-15(16)19)28-17(22)9-10-29(26,27)14-5-3-2-4-6-14/h2-8,11-12H,9-10H2,1H3,(H,20,23).